The van der Waals surface area contributed by atoms with Crippen LogP contribution in [0.4, 0.5) is 0 Å². The highest BCUT2D eigenvalue weighted by Crippen LogP contribution is 2.49. The van der Waals surface area contributed by atoms with Gasteiger partial charge < -0.3 is 10.2 Å². The minimum absolute atomic E-state index is 0.0361. The molecule has 0 aromatic carbocycles. The van der Waals surface area contributed by atoms with Gasteiger partial charge in [-0.15, -0.1) is 0 Å². The van der Waals surface area contributed by atoms with Crippen molar-refractivity contribution in [2.75, 3.05) is 6.54 Å². The molecular formula is C14H22N2O2. The van der Waals surface area contributed by atoms with Gasteiger partial charge in [-0.2, -0.15) is 0 Å². The van der Waals surface area contributed by atoms with Crippen LogP contribution < -0.4 is 5.32 Å². The number of carbonyl (C=O) groups is 2. The number of hydrogen-bond donors (Lipinski definition) is 1. The molecule has 3 rings (SSSR count). The molecule has 100 valence electrons. The van der Waals surface area contributed by atoms with E-state index in [0.717, 1.165) is 13.0 Å². The Morgan fingerprint density at radius 1 is 1.44 bits per heavy atom. The highest BCUT2D eigenvalue weighted by atomic mass is 16.2. The number of carbonyl (C=O) groups excluding carboxylic acids is 2. The Bertz CT molecular complexity index is 378. The van der Waals surface area contributed by atoms with E-state index >= 15 is 0 Å². The van der Waals surface area contributed by atoms with E-state index in [1.54, 1.807) is 6.92 Å². The van der Waals surface area contributed by atoms with Crippen LogP contribution in [-0.4, -0.2) is 35.3 Å². The van der Waals surface area contributed by atoms with Crippen LogP contribution in [0.3, 0.4) is 0 Å². The first kappa shape index (κ1) is 12.0. The summed E-state index contributed by atoms with van der Waals surface area (Å²) in [5.74, 6) is 1.95. The van der Waals surface area contributed by atoms with Gasteiger partial charge >= 0.3 is 0 Å². The van der Waals surface area contributed by atoms with Crippen LogP contribution in [0.25, 0.3) is 0 Å². The second-order valence-corrected chi connectivity index (χ2v) is 6.28. The average Bonchev–Trinajstić information content (AvgIpc) is 3.00. The van der Waals surface area contributed by atoms with Crippen molar-refractivity contribution in [1.82, 2.24) is 10.2 Å². The molecule has 3 fully saturated rings. The highest BCUT2D eigenvalue weighted by molar-refractivity contribution is 5.80. The van der Waals surface area contributed by atoms with Crippen LogP contribution in [0.1, 0.15) is 39.5 Å². The molecule has 1 N–H and O–H groups in total. The molecule has 4 atom stereocenters. The Hall–Kier alpha value is -1.06. The number of nitrogens with zero attached hydrogens (tertiary/aromatic N) is 1. The summed E-state index contributed by atoms with van der Waals surface area (Å²) in [6.45, 7) is 4.57. The fourth-order valence-electron chi connectivity index (χ4n) is 3.98. The summed E-state index contributed by atoms with van der Waals surface area (Å²) in [5, 5.41) is 2.94. The van der Waals surface area contributed by atoms with Crippen molar-refractivity contribution in [3.63, 3.8) is 0 Å². The number of rotatable bonds is 3. The van der Waals surface area contributed by atoms with Gasteiger partial charge in [0.15, 0.2) is 0 Å². The van der Waals surface area contributed by atoms with Crippen molar-refractivity contribution in [1.29, 1.82) is 0 Å². The summed E-state index contributed by atoms with van der Waals surface area (Å²) in [5.41, 5.74) is 0. The Morgan fingerprint density at radius 2 is 2.17 bits per heavy atom. The number of fused-ring (bicyclic) bond motifs is 1. The third kappa shape index (κ3) is 1.91. The van der Waals surface area contributed by atoms with Crippen LogP contribution in [0.15, 0.2) is 0 Å². The van der Waals surface area contributed by atoms with Gasteiger partial charge in [-0.25, -0.2) is 0 Å². The first-order valence-corrected chi connectivity index (χ1v) is 7.13. The molecule has 2 aliphatic carbocycles. The number of hydrogen-bond acceptors (Lipinski definition) is 2. The smallest absolute Gasteiger partial charge is 0.223 e. The zero-order valence-corrected chi connectivity index (χ0v) is 11.2. The molecule has 18 heavy (non-hydrogen) atoms. The maximum Gasteiger partial charge on any atom is 0.223 e. The molecule has 0 radical (unpaired) electrons. The lowest BCUT2D eigenvalue weighted by Crippen LogP contribution is -2.36. The monoisotopic (exact) mass is 250 g/mol. The van der Waals surface area contributed by atoms with Gasteiger partial charge in [-0.05, 0) is 37.0 Å². The topological polar surface area (TPSA) is 49.4 Å². The summed E-state index contributed by atoms with van der Waals surface area (Å²) >= 11 is 0. The Kier molecular flexibility index (Phi) is 2.83. The lowest BCUT2D eigenvalue weighted by Gasteiger charge is -2.24. The van der Waals surface area contributed by atoms with E-state index in [1.165, 1.54) is 12.8 Å². The number of amides is 2. The van der Waals surface area contributed by atoms with Crippen LogP contribution >= 0.6 is 0 Å². The van der Waals surface area contributed by atoms with Crippen LogP contribution in [-0.2, 0) is 9.59 Å². The molecule has 0 bridgehead atoms. The van der Waals surface area contributed by atoms with Gasteiger partial charge in [0.05, 0.1) is 0 Å². The summed E-state index contributed by atoms with van der Waals surface area (Å²) < 4.78 is 0. The first-order chi connectivity index (χ1) is 8.58. The van der Waals surface area contributed by atoms with E-state index in [1.807, 2.05) is 0 Å². The molecule has 0 unspecified atom stereocenters. The van der Waals surface area contributed by atoms with Crippen molar-refractivity contribution in [3.05, 3.63) is 0 Å². The predicted octanol–water partition coefficient (Wildman–Crippen LogP) is 1.16. The molecule has 3 aliphatic rings. The number of nitrogens with one attached hydrogen (secondary N) is 1. The van der Waals surface area contributed by atoms with E-state index in [4.69, 9.17) is 0 Å². The molecule has 1 aliphatic heterocycles. The molecule has 4 heteroatoms. The summed E-state index contributed by atoms with van der Waals surface area (Å²) in [4.78, 5) is 25.3. The fraction of sp³-hybridized carbons (Fsp3) is 0.857. The molecule has 4 nitrogen and oxygen atoms in total. The Labute approximate surface area is 108 Å². The maximum atomic E-state index is 12.1. The zero-order valence-electron chi connectivity index (χ0n) is 11.2. The minimum Gasteiger partial charge on any atom is -0.356 e. The predicted molar refractivity (Wildman–Crippen MR) is 67.7 cm³/mol. The molecule has 1 heterocycles. The van der Waals surface area contributed by atoms with Crippen molar-refractivity contribution in [2.45, 2.75) is 51.6 Å². The molecule has 0 aromatic heterocycles. The molecule has 2 amide bonds. The van der Waals surface area contributed by atoms with E-state index in [9.17, 15) is 9.59 Å². The van der Waals surface area contributed by atoms with E-state index in [0.29, 0.717) is 42.2 Å². The van der Waals surface area contributed by atoms with Crippen molar-refractivity contribution < 1.29 is 9.59 Å². The molecule has 0 aromatic rings. The first-order valence-electron chi connectivity index (χ1n) is 7.13. The molecule has 0 spiro atoms. The SMILES string of the molecule is CC(=O)NC[C@H]1[C@@H]2CC(=O)N(C3CC3)[C@@H]2C[C@@H]1C. The summed E-state index contributed by atoms with van der Waals surface area (Å²) in [6.07, 6.45) is 4.21. The zero-order chi connectivity index (χ0) is 12.9. The van der Waals surface area contributed by atoms with Gasteiger partial charge in [0.25, 0.3) is 0 Å². The normalized spacial score (nSPS) is 39.0. The van der Waals surface area contributed by atoms with Crippen molar-refractivity contribution in [2.24, 2.45) is 17.8 Å². The van der Waals surface area contributed by atoms with Gasteiger partial charge in [-0.3, -0.25) is 9.59 Å². The third-order valence-electron chi connectivity index (χ3n) is 4.97. The number of likely N-dealkylation sites (tertiary alicyclic amines) is 1. The lowest BCUT2D eigenvalue weighted by molar-refractivity contribution is -0.129. The van der Waals surface area contributed by atoms with E-state index in [2.05, 4.69) is 17.1 Å². The third-order valence-corrected chi connectivity index (χ3v) is 4.97. The van der Waals surface area contributed by atoms with E-state index < -0.39 is 0 Å². The molecule has 1 saturated heterocycles. The van der Waals surface area contributed by atoms with Crippen LogP contribution in [0.5, 0.6) is 0 Å². The van der Waals surface area contributed by atoms with Gasteiger partial charge in [0.1, 0.15) is 0 Å². The lowest BCUT2D eigenvalue weighted by atomic mass is 9.88. The largest absolute Gasteiger partial charge is 0.356 e. The van der Waals surface area contributed by atoms with Crippen molar-refractivity contribution in [3.8, 4) is 0 Å². The summed E-state index contributed by atoms with van der Waals surface area (Å²) in [7, 11) is 0. The second-order valence-electron chi connectivity index (χ2n) is 6.28. The van der Waals surface area contributed by atoms with Gasteiger partial charge in [0.2, 0.25) is 11.8 Å². The van der Waals surface area contributed by atoms with Gasteiger partial charge in [0, 0.05) is 32.0 Å². The van der Waals surface area contributed by atoms with E-state index in [-0.39, 0.29) is 5.91 Å². The quantitative estimate of drug-likeness (QED) is 0.817. The highest BCUT2D eigenvalue weighted by Gasteiger charge is 2.53. The maximum absolute atomic E-state index is 12.1. The second kappa shape index (κ2) is 4.25. The average molecular weight is 250 g/mol. The Balaban J connectivity index is 1.71. The summed E-state index contributed by atoms with van der Waals surface area (Å²) in [6, 6.07) is 0.998. The fourth-order valence-corrected chi connectivity index (χ4v) is 3.98. The van der Waals surface area contributed by atoms with Gasteiger partial charge in [-0.1, -0.05) is 6.92 Å². The molecular weight excluding hydrogens is 228 g/mol. The molecule has 2 saturated carbocycles. The van der Waals surface area contributed by atoms with Crippen LogP contribution in [0, 0.1) is 17.8 Å². The standard InChI is InChI=1S/C14H22N2O2/c1-8-5-13-11(12(8)7-15-9(2)17)6-14(18)16(13)10-3-4-10/h8,10-13H,3-7H2,1-2H3,(H,15,17)/t8-,11-,12+,13+/m0/s1. The van der Waals surface area contributed by atoms with Crippen LogP contribution in [0.2, 0.25) is 0 Å². The minimum atomic E-state index is 0.0361. The van der Waals surface area contributed by atoms with Crippen molar-refractivity contribution >= 4 is 11.8 Å². The Morgan fingerprint density at radius 3 is 2.78 bits per heavy atom.